The average molecular weight is 255 g/mol. The van der Waals surface area contributed by atoms with E-state index in [0.29, 0.717) is 12.2 Å². The normalized spacial score (nSPS) is 17.9. The number of rotatable bonds is 1. The highest BCUT2D eigenvalue weighted by molar-refractivity contribution is 5.67. The van der Waals surface area contributed by atoms with Crippen molar-refractivity contribution in [1.82, 2.24) is 14.9 Å². The van der Waals surface area contributed by atoms with Gasteiger partial charge in [-0.15, -0.1) is 0 Å². The molecule has 3 rings (SSSR count). The Balaban J connectivity index is 2.13. The fraction of sp³-hybridized carbons (Fsp3) is 0.214. The molecule has 2 heterocycles. The Morgan fingerprint density at radius 1 is 1.32 bits per heavy atom. The zero-order valence-corrected chi connectivity index (χ0v) is 10.2. The molecule has 1 aliphatic rings. The van der Waals surface area contributed by atoms with E-state index >= 15 is 0 Å². The molecule has 19 heavy (non-hydrogen) atoms. The molecule has 0 fully saturated rings. The molecule has 1 aromatic heterocycles. The second kappa shape index (κ2) is 4.68. The maximum Gasteiger partial charge on any atom is 0.408 e. The van der Waals surface area contributed by atoms with E-state index < -0.39 is 6.09 Å². The molecule has 5 nitrogen and oxygen atoms in total. The van der Waals surface area contributed by atoms with Crippen LogP contribution in [0.5, 0.6) is 0 Å². The van der Waals surface area contributed by atoms with Gasteiger partial charge in [-0.2, -0.15) is 0 Å². The third-order valence-corrected chi connectivity index (χ3v) is 3.39. The van der Waals surface area contributed by atoms with Crippen molar-refractivity contribution in [3.63, 3.8) is 0 Å². The summed E-state index contributed by atoms with van der Waals surface area (Å²) >= 11 is 0. The highest BCUT2D eigenvalue weighted by Crippen LogP contribution is 2.33. The van der Waals surface area contributed by atoms with Gasteiger partial charge in [-0.1, -0.05) is 24.3 Å². The summed E-state index contributed by atoms with van der Waals surface area (Å²) in [4.78, 5) is 21.2. The first-order valence-electron chi connectivity index (χ1n) is 6.10. The second-order valence-corrected chi connectivity index (χ2v) is 4.46. The summed E-state index contributed by atoms with van der Waals surface area (Å²) in [5.41, 5.74) is 2.84. The quantitative estimate of drug-likeness (QED) is 0.847. The van der Waals surface area contributed by atoms with E-state index in [9.17, 15) is 9.90 Å². The van der Waals surface area contributed by atoms with Crippen LogP contribution in [0.25, 0.3) is 0 Å². The SMILES string of the molecule is O=C(O)N1CCc2ccccc2C1c1cnccn1. The third kappa shape index (κ3) is 2.03. The van der Waals surface area contributed by atoms with Crippen molar-refractivity contribution in [2.75, 3.05) is 6.54 Å². The van der Waals surface area contributed by atoms with Crippen molar-refractivity contribution in [3.8, 4) is 0 Å². The summed E-state index contributed by atoms with van der Waals surface area (Å²) in [5.74, 6) is 0. The van der Waals surface area contributed by atoms with Crippen LogP contribution >= 0.6 is 0 Å². The van der Waals surface area contributed by atoms with Gasteiger partial charge in [-0.3, -0.25) is 14.9 Å². The van der Waals surface area contributed by atoms with E-state index in [1.165, 1.54) is 10.5 Å². The summed E-state index contributed by atoms with van der Waals surface area (Å²) in [7, 11) is 0. The molecule has 0 radical (unpaired) electrons. The number of fused-ring (bicyclic) bond motifs is 1. The Labute approximate surface area is 110 Å². The third-order valence-electron chi connectivity index (χ3n) is 3.39. The van der Waals surface area contributed by atoms with E-state index in [-0.39, 0.29) is 6.04 Å². The van der Waals surface area contributed by atoms with Gasteiger partial charge in [0.1, 0.15) is 6.04 Å². The molecule has 1 aliphatic heterocycles. The summed E-state index contributed by atoms with van der Waals surface area (Å²) in [6.45, 7) is 0.480. The molecular weight excluding hydrogens is 242 g/mol. The number of carbonyl (C=O) groups is 1. The van der Waals surface area contributed by atoms with Crippen LogP contribution in [-0.4, -0.2) is 32.6 Å². The number of amides is 1. The lowest BCUT2D eigenvalue weighted by Crippen LogP contribution is -2.40. The van der Waals surface area contributed by atoms with Gasteiger partial charge in [0.15, 0.2) is 0 Å². The molecule has 0 bridgehead atoms. The molecule has 1 aromatic carbocycles. The minimum atomic E-state index is -0.926. The first kappa shape index (κ1) is 11.6. The molecule has 2 aromatic rings. The van der Waals surface area contributed by atoms with Gasteiger partial charge in [-0.25, -0.2) is 4.79 Å². The van der Waals surface area contributed by atoms with E-state index in [1.807, 2.05) is 24.3 Å². The van der Waals surface area contributed by atoms with Crippen LogP contribution in [0.3, 0.4) is 0 Å². The lowest BCUT2D eigenvalue weighted by molar-refractivity contribution is 0.128. The second-order valence-electron chi connectivity index (χ2n) is 4.46. The summed E-state index contributed by atoms with van der Waals surface area (Å²) in [6.07, 6.45) is 4.61. The van der Waals surface area contributed by atoms with Gasteiger partial charge >= 0.3 is 6.09 Å². The minimum absolute atomic E-state index is 0.365. The van der Waals surface area contributed by atoms with Crippen LogP contribution in [0.2, 0.25) is 0 Å². The van der Waals surface area contributed by atoms with Crippen molar-refractivity contribution in [1.29, 1.82) is 0 Å². The highest BCUT2D eigenvalue weighted by atomic mass is 16.4. The van der Waals surface area contributed by atoms with Gasteiger partial charge in [-0.05, 0) is 17.5 Å². The molecule has 1 N–H and O–H groups in total. The first-order chi connectivity index (χ1) is 9.27. The maximum absolute atomic E-state index is 11.4. The summed E-state index contributed by atoms with van der Waals surface area (Å²) in [5, 5.41) is 9.37. The molecule has 0 saturated heterocycles. The van der Waals surface area contributed by atoms with E-state index in [4.69, 9.17) is 0 Å². The van der Waals surface area contributed by atoms with Gasteiger partial charge in [0, 0.05) is 18.9 Å². The topological polar surface area (TPSA) is 66.3 Å². The molecule has 96 valence electrons. The lowest BCUT2D eigenvalue weighted by atomic mass is 9.91. The van der Waals surface area contributed by atoms with Crippen LogP contribution in [0.1, 0.15) is 22.9 Å². The highest BCUT2D eigenvalue weighted by Gasteiger charge is 2.32. The molecule has 0 aliphatic carbocycles. The molecular formula is C14H13N3O2. The lowest BCUT2D eigenvalue weighted by Gasteiger charge is -2.34. The van der Waals surface area contributed by atoms with E-state index in [1.54, 1.807) is 18.6 Å². The Kier molecular flexibility index (Phi) is 2.87. The molecule has 1 amide bonds. The van der Waals surface area contributed by atoms with Crippen molar-refractivity contribution < 1.29 is 9.90 Å². The van der Waals surface area contributed by atoms with Crippen molar-refractivity contribution in [3.05, 3.63) is 59.7 Å². The molecule has 1 atom stereocenters. The minimum Gasteiger partial charge on any atom is -0.465 e. The van der Waals surface area contributed by atoms with Crippen LogP contribution in [-0.2, 0) is 6.42 Å². The Hall–Kier alpha value is -2.43. The van der Waals surface area contributed by atoms with E-state index in [2.05, 4.69) is 9.97 Å². The number of aromatic nitrogens is 2. The van der Waals surface area contributed by atoms with Crippen molar-refractivity contribution in [2.45, 2.75) is 12.5 Å². The van der Waals surface area contributed by atoms with Crippen LogP contribution in [0, 0.1) is 0 Å². The van der Waals surface area contributed by atoms with Gasteiger partial charge < -0.3 is 5.11 Å². The van der Waals surface area contributed by atoms with Crippen LogP contribution < -0.4 is 0 Å². The fourth-order valence-electron chi connectivity index (χ4n) is 2.54. The number of hydrogen-bond donors (Lipinski definition) is 1. The zero-order valence-electron chi connectivity index (χ0n) is 10.2. The number of nitrogens with zero attached hydrogens (tertiary/aromatic N) is 3. The maximum atomic E-state index is 11.4. The molecule has 0 saturated carbocycles. The monoisotopic (exact) mass is 255 g/mol. The smallest absolute Gasteiger partial charge is 0.408 e. The zero-order chi connectivity index (χ0) is 13.2. The fourth-order valence-corrected chi connectivity index (χ4v) is 2.54. The van der Waals surface area contributed by atoms with Crippen LogP contribution in [0.15, 0.2) is 42.9 Å². The summed E-state index contributed by atoms with van der Waals surface area (Å²) < 4.78 is 0. The van der Waals surface area contributed by atoms with Gasteiger partial charge in [0.05, 0.1) is 11.9 Å². The Morgan fingerprint density at radius 2 is 2.16 bits per heavy atom. The van der Waals surface area contributed by atoms with Gasteiger partial charge in [0.2, 0.25) is 0 Å². The number of benzene rings is 1. The Morgan fingerprint density at radius 3 is 2.89 bits per heavy atom. The predicted molar refractivity (Wildman–Crippen MR) is 68.8 cm³/mol. The molecule has 1 unspecified atom stereocenters. The first-order valence-corrected chi connectivity index (χ1v) is 6.10. The molecule has 5 heteroatoms. The van der Waals surface area contributed by atoms with E-state index in [0.717, 1.165) is 12.0 Å². The Bertz CT molecular complexity index is 601. The number of hydrogen-bond acceptors (Lipinski definition) is 3. The van der Waals surface area contributed by atoms with Crippen LogP contribution in [0.4, 0.5) is 4.79 Å². The molecule has 0 spiro atoms. The number of carboxylic acid groups (broad SMARTS) is 1. The van der Waals surface area contributed by atoms with Gasteiger partial charge in [0.25, 0.3) is 0 Å². The standard InChI is InChI=1S/C14H13N3O2/c18-14(19)17-8-5-10-3-1-2-4-11(10)13(17)12-9-15-6-7-16-12/h1-4,6-7,9,13H,5,8H2,(H,18,19). The summed E-state index contributed by atoms with van der Waals surface area (Å²) in [6, 6.07) is 7.54. The predicted octanol–water partition coefficient (Wildman–Crippen LogP) is 2.10. The van der Waals surface area contributed by atoms with Crippen molar-refractivity contribution >= 4 is 6.09 Å². The largest absolute Gasteiger partial charge is 0.465 e. The van der Waals surface area contributed by atoms with Crippen molar-refractivity contribution in [2.24, 2.45) is 0 Å². The average Bonchev–Trinajstić information content (AvgIpc) is 2.46.